The van der Waals surface area contributed by atoms with Crippen molar-refractivity contribution in [3.05, 3.63) is 50.4 Å². The van der Waals surface area contributed by atoms with Crippen molar-refractivity contribution in [2.45, 2.75) is 37.7 Å². The Morgan fingerprint density at radius 1 is 1.29 bits per heavy atom. The average molecular weight is 345 g/mol. The number of fused-ring (bicyclic) bond motifs is 2. The van der Waals surface area contributed by atoms with Gasteiger partial charge in [0.05, 0.1) is 16.2 Å². The van der Waals surface area contributed by atoms with Crippen LogP contribution in [-0.2, 0) is 4.79 Å². The standard InChI is InChI=1S/C17H19N3O3S/c1-9-2-7-12-13(8-9)24-17-14(12)16(21)18-15(19-17)10-3-5-11(6-4-10)20(22)23/h3-6,9,14-15,17,19H,2,7-8H2,1H3,(H,18,21). The van der Waals surface area contributed by atoms with Crippen LogP contribution in [0.25, 0.3) is 0 Å². The molecule has 1 saturated heterocycles. The molecule has 0 spiro atoms. The molecule has 0 aromatic heterocycles. The summed E-state index contributed by atoms with van der Waals surface area (Å²) in [6, 6.07) is 6.35. The van der Waals surface area contributed by atoms with E-state index in [0.29, 0.717) is 5.92 Å². The number of nitrogens with one attached hydrogen (secondary N) is 2. The Hall–Kier alpha value is -1.86. The molecule has 3 aliphatic rings. The van der Waals surface area contributed by atoms with Crippen LogP contribution in [0.15, 0.2) is 34.7 Å². The molecular weight excluding hydrogens is 326 g/mol. The van der Waals surface area contributed by atoms with Crippen LogP contribution in [0.4, 0.5) is 5.69 Å². The van der Waals surface area contributed by atoms with Gasteiger partial charge in [0.25, 0.3) is 5.69 Å². The van der Waals surface area contributed by atoms with Crippen molar-refractivity contribution in [2.24, 2.45) is 11.8 Å². The highest BCUT2D eigenvalue weighted by atomic mass is 32.2. The predicted octanol–water partition coefficient (Wildman–Crippen LogP) is 3.08. The SMILES string of the molecule is CC1CCC2=C(C1)SC1NC(c3ccc([N+](=O)[O-])cc3)NC(=O)C21. The molecule has 126 valence electrons. The molecule has 7 heteroatoms. The molecule has 1 aromatic rings. The van der Waals surface area contributed by atoms with Crippen LogP contribution < -0.4 is 10.6 Å². The Morgan fingerprint density at radius 3 is 2.75 bits per heavy atom. The van der Waals surface area contributed by atoms with Crippen molar-refractivity contribution in [2.75, 3.05) is 0 Å². The Bertz CT molecular complexity index is 731. The van der Waals surface area contributed by atoms with E-state index in [2.05, 4.69) is 17.6 Å². The third-order valence-corrected chi connectivity index (χ3v) is 6.46. The highest BCUT2D eigenvalue weighted by molar-refractivity contribution is 8.04. The molecule has 0 saturated carbocycles. The van der Waals surface area contributed by atoms with Gasteiger partial charge in [-0.2, -0.15) is 0 Å². The van der Waals surface area contributed by atoms with Gasteiger partial charge in [-0.25, -0.2) is 0 Å². The van der Waals surface area contributed by atoms with Gasteiger partial charge in [-0.3, -0.25) is 20.2 Å². The highest BCUT2D eigenvalue weighted by Gasteiger charge is 2.45. The number of rotatable bonds is 2. The second kappa shape index (κ2) is 5.89. The Kier molecular flexibility index (Phi) is 3.85. The van der Waals surface area contributed by atoms with Gasteiger partial charge in [-0.15, -0.1) is 11.8 Å². The fraction of sp³-hybridized carbons (Fsp3) is 0.471. The summed E-state index contributed by atoms with van der Waals surface area (Å²) in [7, 11) is 0. The van der Waals surface area contributed by atoms with Crippen molar-refractivity contribution >= 4 is 23.4 Å². The number of carbonyl (C=O) groups is 1. The second-order valence-corrected chi connectivity index (χ2v) is 8.01. The summed E-state index contributed by atoms with van der Waals surface area (Å²) in [6.45, 7) is 2.26. The van der Waals surface area contributed by atoms with Gasteiger partial charge < -0.3 is 5.32 Å². The van der Waals surface area contributed by atoms with E-state index in [1.165, 1.54) is 22.6 Å². The van der Waals surface area contributed by atoms with Crippen LogP contribution in [0.3, 0.4) is 0 Å². The van der Waals surface area contributed by atoms with Crippen molar-refractivity contribution in [1.82, 2.24) is 10.6 Å². The lowest BCUT2D eigenvalue weighted by atomic mass is 9.83. The molecule has 6 nitrogen and oxygen atoms in total. The number of amides is 1. The number of nitrogens with zero attached hydrogens (tertiary/aromatic N) is 1. The molecule has 1 fully saturated rings. The van der Waals surface area contributed by atoms with Gasteiger partial charge in [-0.1, -0.05) is 6.92 Å². The third-order valence-electron chi connectivity index (χ3n) is 5.08. The monoisotopic (exact) mass is 345 g/mol. The molecule has 4 rings (SSSR count). The molecule has 1 aromatic carbocycles. The van der Waals surface area contributed by atoms with E-state index in [-0.39, 0.29) is 29.1 Å². The van der Waals surface area contributed by atoms with Crippen LogP contribution in [0.1, 0.15) is 37.9 Å². The van der Waals surface area contributed by atoms with E-state index in [4.69, 9.17) is 0 Å². The molecule has 24 heavy (non-hydrogen) atoms. The first-order valence-electron chi connectivity index (χ1n) is 8.22. The van der Waals surface area contributed by atoms with Crippen molar-refractivity contribution in [1.29, 1.82) is 0 Å². The molecule has 0 radical (unpaired) electrons. The van der Waals surface area contributed by atoms with E-state index < -0.39 is 4.92 Å². The fourth-order valence-electron chi connectivity index (χ4n) is 3.78. The quantitative estimate of drug-likeness (QED) is 0.636. The van der Waals surface area contributed by atoms with Crippen molar-refractivity contribution in [3.63, 3.8) is 0 Å². The minimum absolute atomic E-state index is 0.0557. The van der Waals surface area contributed by atoms with Crippen molar-refractivity contribution in [3.8, 4) is 0 Å². The Morgan fingerprint density at radius 2 is 2.04 bits per heavy atom. The number of hydrogen-bond donors (Lipinski definition) is 2. The Labute approximate surface area is 144 Å². The summed E-state index contributed by atoms with van der Waals surface area (Å²) >= 11 is 1.79. The fourth-order valence-corrected chi connectivity index (χ4v) is 5.48. The smallest absolute Gasteiger partial charge is 0.269 e. The van der Waals surface area contributed by atoms with Gasteiger partial charge in [-0.05, 0) is 53.4 Å². The molecule has 1 aliphatic carbocycles. The summed E-state index contributed by atoms with van der Waals surface area (Å²) in [5.41, 5.74) is 2.21. The predicted molar refractivity (Wildman–Crippen MR) is 92.0 cm³/mol. The van der Waals surface area contributed by atoms with Crippen molar-refractivity contribution < 1.29 is 9.72 Å². The van der Waals surface area contributed by atoms with Gasteiger partial charge in [0.15, 0.2) is 0 Å². The average Bonchev–Trinajstić information content (AvgIpc) is 2.92. The molecule has 0 bridgehead atoms. The molecular formula is C17H19N3O3S. The van der Waals surface area contributed by atoms with E-state index in [9.17, 15) is 14.9 Å². The number of thioether (sulfide) groups is 1. The van der Waals surface area contributed by atoms with Gasteiger partial charge in [0.1, 0.15) is 6.17 Å². The van der Waals surface area contributed by atoms with E-state index in [0.717, 1.165) is 24.8 Å². The van der Waals surface area contributed by atoms with Gasteiger partial charge in [0, 0.05) is 12.1 Å². The number of nitro benzene ring substituents is 1. The largest absolute Gasteiger partial charge is 0.336 e. The lowest BCUT2D eigenvalue weighted by Crippen LogP contribution is -2.54. The van der Waals surface area contributed by atoms with E-state index >= 15 is 0 Å². The summed E-state index contributed by atoms with van der Waals surface area (Å²) in [4.78, 5) is 24.4. The van der Waals surface area contributed by atoms with Crippen LogP contribution in [0.5, 0.6) is 0 Å². The number of allylic oxidation sites excluding steroid dienone is 1. The highest BCUT2D eigenvalue weighted by Crippen LogP contribution is 2.50. The molecule has 1 amide bonds. The van der Waals surface area contributed by atoms with E-state index in [1.807, 2.05) is 0 Å². The summed E-state index contributed by atoms with van der Waals surface area (Å²) in [6.07, 6.45) is 2.94. The third kappa shape index (κ3) is 2.61. The maximum atomic E-state index is 12.7. The van der Waals surface area contributed by atoms with Crippen LogP contribution in [0, 0.1) is 22.0 Å². The van der Waals surface area contributed by atoms with Crippen LogP contribution in [-0.4, -0.2) is 16.2 Å². The first-order chi connectivity index (χ1) is 11.5. The van der Waals surface area contributed by atoms with Gasteiger partial charge in [0.2, 0.25) is 5.91 Å². The van der Waals surface area contributed by atoms with E-state index in [1.54, 1.807) is 23.9 Å². The maximum absolute atomic E-state index is 12.7. The number of nitro groups is 1. The second-order valence-electron chi connectivity index (χ2n) is 6.77. The lowest BCUT2D eigenvalue weighted by molar-refractivity contribution is -0.384. The first kappa shape index (κ1) is 15.7. The number of carbonyl (C=O) groups excluding carboxylic acids is 1. The summed E-state index contributed by atoms with van der Waals surface area (Å²) < 4.78 is 0. The van der Waals surface area contributed by atoms with Gasteiger partial charge >= 0.3 is 0 Å². The zero-order valence-corrected chi connectivity index (χ0v) is 14.1. The maximum Gasteiger partial charge on any atom is 0.269 e. The number of hydrogen-bond acceptors (Lipinski definition) is 5. The minimum Gasteiger partial charge on any atom is -0.336 e. The molecule has 2 heterocycles. The minimum atomic E-state index is -0.418. The normalized spacial score (nSPS) is 32.1. The number of benzene rings is 1. The first-order valence-corrected chi connectivity index (χ1v) is 9.10. The molecule has 2 aliphatic heterocycles. The summed E-state index contributed by atoms with van der Waals surface area (Å²) in [5.74, 6) is 0.672. The van der Waals surface area contributed by atoms with Crippen LogP contribution >= 0.6 is 11.8 Å². The number of non-ortho nitro benzene ring substituents is 1. The summed E-state index contributed by atoms with van der Waals surface area (Å²) in [5, 5.41) is 17.4. The Balaban J connectivity index is 1.53. The van der Waals surface area contributed by atoms with Crippen LogP contribution in [0.2, 0.25) is 0 Å². The zero-order valence-electron chi connectivity index (χ0n) is 13.3. The lowest BCUT2D eigenvalue weighted by Gasteiger charge is -2.34. The zero-order chi connectivity index (χ0) is 16.8. The topological polar surface area (TPSA) is 84.3 Å². The molecule has 4 unspecified atom stereocenters. The molecule has 2 N–H and O–H groups in total. The molecule has 4 atom stereocenters.